The van der Waals surface area contributed by atoms with Gasteiger partial charge in [-0.1, -0.05) is 32.8 Å². The van der Waals surface area contributed by atoms with Crippen molar-refractivity contribution in [2.75, 3.05) is 18.0 Å². The van der Waals surface area contributed by atoms with Gasteiger partial charge >= 0.3 is 0 Å². The number of hydrogen-bond acceptors (Lipinski definition) is 3. The predicted molar refractivity (Wildman–Crippen MR) is 90.7 cm³/mol. The van der Waals surface area contributed by atoms with E-state index in [1.54, 1.807) is 0 Å². The minimum atomic E-state index is 0.243. The molecule has 2 atom stereocenters. The largest absolute Gasteiger partial charge is 0.356 e. The van der Waals surface area contributed by atoms with Gasteiger partial charge < -0.3 is 10.6 Å². The molecule has 118 valence electrons. The van der Waals surface area contributed by atoms with Crippen molar-refractivity contribution in [3.63, 3.8) is 0 Å². The van der Waals surface area contributed by atoms with Gasteiger partial charge in [0.2, 0.25) is 0 Å². The molecule has 2 heterocycles. The van der Waals surface area contributed by atoms with E-state index in [9.17, 15) is 0 Å². The first-order valence-electron chi connectivity index (χ1n) is 8.69. The van der Waals surface area contributed by atoms with Crippen LogP contribution in [0.4, 0.5) is 5.82 Å². The van der Waals surface area contributed by atoms with Crippen molar-refractivity contribution in [2.45, 2.75) is 64.8 Å². The van der Waals surface area contributed by atoms with Gasteiger partial charge in [-0.15, -0.1) is 0 Å². The molecule has 2 N–H and O–H groups in total. The Bertz CT molecular complexity index is 419. The summed E-state index contributed by atoms with van der Waals surface area (Å²) in [5, 5.41) is 0. The van der Waals surface area contributed by atoms with Gasteiger partial charge in [-0.25, -0.2) is 4.98 Å². The van der Waals surface area contributed by atoms with E-state index < -0.39 is 0 Å². The summed E-state index contributed by atoms with van der Waals surface area (Å²) in [6.45, 7) is 6.75. The van der Waals surface area contributed by atoms with E-state index in [1.165, 1.54) is 43.5 Å². The maximum absolute atomic E-state index is 6.15. The lowest BCUT2D eigenvalue weighted by molar-refractivity contribution is 0.435. The highest BCUT2D eigenvalue weighted by molar-refractivity contribution is 5.47. The van der Waals surface area contributed by atoms with Crippen LogP contribution in [0.2, 0.25) is 0 Å². The first kappa shape index (κ1) is 16.3. The molecule has 1 fully saturated rings. The molecule has 3 heteroatoms. The van der Waals surface area contributed by atoms with E-state index in [4.69, 9.17) is 5.73 Å². The smallest absolute Gasteiger partial charge is 0.131 e. The maximum Gasteiger partial charge on any atom is 0.131 e. The second-order valence-corrected chi connectivity index (χ2v) is 6.43. The van der Waals surface area contributed by atoms with E-state index in [1.807, 2.05) is 12.3 Å². The monoisotopic (exact) mass is 289 g/mol. The lowest BCUT2D eigenvalue weighted by Gasteiger charge is -2.25. The zero-order chi connectivity index (χ0) is 15.1. The molecule has 0 saturated carbocycles. The van der Waals surface area contributed by atoms with Crippen LogP contribution >= 0.6 is 0 Å². The highest BCUT2D eigenvalue weighted by Crippen LogP contribution is 2.26. The molecule has 3 nitrogen and oxygen atoms in total. The number of anilines is 1. The van der Waals surface area contributed by atoms with Crippen LogP contribution in [0.5, 0.6) is 0 Å². The third kappa shape index (κ3) is 4.70. The summed E-state index contributed by atoms with van der Waals surface area (Å²) in [4.78, 5) is 7.17. The van der Waals surface area contributed by atoms with E-state index >= 15 is 0 Å². The molecule has 2 unspecified atom stereocenters. The van der Waals surface area contributed by atoms with E-state index in [2.05, 4.69) is 29.8 Å². The summed E-state index contributed by atoms with van der Waals surface area (Å²) in [7, 11) is 0. The van der Waals surface area contributed by atoms with E-state index in [-0.39, 0.29) is 6.04 Å². The average Bonchev–Trinajstić information content (AvgIpc) is 2.74. The van der Waals surface area contributed by atoms with Gasteiger partial charge in [-0.2, -0.15) is 0 Å². The average molecular weight is 289 g/mol. The predicted octanol–water partition coefficient (Wildman–Crippen LogP) is 3.77. The van der Waals surface area contributed by atoms with Gasteiger partial charge in [0, 0.05) is 25.3 Å². The second-order valence-electron chi connectivity index (χ2n) is 6.43. The molecular formula is C18H31N3. The summed E-state index contributed by atoms with van der Waals surface area (Å²) in [6.07, 6.45) is 10.5. The minimum absolute atomic E-state index is 0.243. The number of aromatic nitrogens is 1. The van der Waals surface area contributed by atoms with Crippen LogP contribution in [-0.4, -0.2) is 24.1 Å². The van der Waals surface area contributed by atoms with Gasteiger partial charge in [0.25, 0.3) is 0 Å². The maximum atomic E-state index is 6.15. The number of hydrogen-bond donors (Lipinski definition) is 1. The van der Waals surface area contributed by atoms with Crippen LogP contribution in [0.15, 0.2) is 18.3 Å². The lowest BCUT2D eigenvalue weighted by atomic mass is 9.96. The Morgan fingerprint density at radius 3 is 2.95 bits per heavy atom. The summed E-state index contributed by atoms with van der Waals surface area (Å²) in [5.41, 5.74) is 7.47. The van der Waals surface area contributed by atoms with Crippen molar-refractivity contribution >= 4 is 5.82 Å². The van der Waals surface area contributed by atoms with Gasteiger partial charge in [-0.3, -0.25) is 0 Å². The third-order valence-electron chi connectivity index (χ3n) is 4.72. The summed E-state index contributed by atoms with van der Waals surface area (Å²) in [5.74, 6) is 2.09. The summed E-state index contributed by atoms with van der Waals surface area (Å²) >= 11 is 0. The van der Waals surface area contributed by atoms with Gasteiger partial charge in [0.15, 0.2) is 0 Å². The molecular weight excluding hydrogens is 258 g/mol. The highest BCUT2D eigenvalue weighted by Gasteiger charge is 2.19. The van der Waals surface area contributed by atoms with Crippen LogP contribution < -0.4 is 10.6 Å². The molecule has 1 aromatic rings. The number of rotatable bonds is 6. The first-order valence-corrected chi connectivity index (χ1v) is 8.69. The molecule has 1 aromatic heterocycles. The molecule has 0 amide bonds. The van der Waals surface area contributed by atoms with Crippen LogP contribution in [0, 0.1) is 5.92 Å². The van der Waals surface area contributed by atoms with E-state index in [0.717, 1.165) is 31.8 Å². The van der Waals surface area contributed by atoms with Crippen LogP contribution in [0.1, 0.15) is 57.9 Å². The van der Waals surface area contributed by atoms with Gasteiger partial charge in [0.05, 0.1) is 0 Å². The molecule has 0 spiro atoms. The third-order valence-corrected chi connectivity index (χ3v) is 4.72. The number of nitrogens with zero attached hydrogens (tertiary/aromatic N) is 2. The zero-order valence-corrected chi connectivity index (χ0v) is 13.7. The Morgan fingerprint density at radius 2 is 2.19 bits per heavy atom. The molecule has 0 radical (unpaired) electrons. The topological polar surface area (TPSA) is 42.2 Å². The van der Waals surface area contributed by atoms with Gasteiger partial charge in [0.1, 0.15) is 5.82 Å². The molecule has 21 heavy (non-hydrogen) atoms. The molecule has 0 aliphatic carbocycles. The Kier molecular flexibility index (Phi) is 6.50. The SMILES string of the molecule is CCCC1CCCN(c2ncccc2CC(N)CC)CC1. The second kappa shape index (κ2) is 8.38. The van der Waals surface area contributed by atoms with Crippen LogP contribution in [0.3, 0.4) is 0 Å². The lowest BCUT2D eigenvalue weighted by Crippen LogP contribution is -2.28. The van der Waals surface area contributed by atoms with Crippen molar-refractivity contribution in [1.82, 2.24) is 4.98 Å². The molecule has 0 bridgehead atoms. The Hall–Kier alpha value is -1.09. The molecule has 1 aliphatic rings. The van der Waals surface area contributed by atoms with Crippen LogP contribution in [-0.2, 0) is 6.42 Å². The molecule has 1 saturated heterocycles. The zero-order valence-electron chi connectivity index (χ0n) is 13.7. The quantitative estimate of drug-likeness (QED) is 0.867. The summed E-state index contributed by atoms with van der Waals surface area (Å²) in [6, 6.07) is 4.48. The Balaban J connectivity index is 2.07. The summed E-state index contributed by atoms with van der Waals surface area (Å²) < 4.78 is 0. The van der Waals surface area contributed by atoms with Crippen LogP contribution in [0.25, 0.3) is 0 Å². The van der Waals surface area contributed by atoms with Gasteiger partial charge in [-0.05, 0) is 49.7 Å². The number of pyridine rings is 1. The normalized spacial score (nSPS) is 21.1. The first-order chi connectivity index (χ1) is 10.2. The molecule has 2 rings (SSSR count). The fourth-order valence-corrected chi connectivity index (χ4v) is 3.38. The fraction of sp³-hybridized carbons (Fsp3) is 0.722. The van der Waals surface area contributed by atoms with Crippen molar-refractivity contribution < 1.29 is 0 Å². The fourth-order valence-electron chi connectivity index (χ4n) is 3.38. The Morgan fingerprint density at radius 1 is 1.33 bits per heavy atom. The minimum Gasteiger partial charge on any atom is -0.356 e. The molecule has 1 aliphatic heterocycles. The number of nitrogens with two attached hydrogens (primary N) is 1. The Labute approximate surface area is 129 Å². The standard InChI is InChI=1S/C18H31N3/c1-3-7-15-8-6-12-21(13-10-15)18-16(9-5-11-20-18)14-17(19)4-2/h5,9,11,15,17H,3-4,6-8,10,12-14,19H2,1-2H3. The van der Waals surface area contributed by atoms with Crippen molar-refractivity contribution in [3.05, 3.63) is 23.9 Å². The van der Waals surface area contributed by atoms with Crippen molar-refractivity contribution in [1.29, 1.82) is 0 Å². The van der Waals surface area contributed by atoms with E-state index in [0.29, 0.717) is 0 Å². The highest BCUT2D eigenvalue weighted by atomic mass is 15.2. The van der Waals surface area contributed by atoms with Crippen molar-refractivity contribution in [2.24, 2.45) is 11.7 Å². The molecule has 0 aromatic carbocycles. The van der Waals surface area contributed by atoms with Crippen molar-refractivity contribution in [3.8, 4) is 0 Å².